The van der Waals surface area contributed by atoms with Crippen LogP contribution >= 0.6 is 0 Å². The maximum atomic E-state index is 13.1. The molecule has 1 heterocycles. The number of carbonyl (C=O) groups is 2. The number of hydrogen-bond acceptors (Lipinski definition) is 3. The monoisotopic (exact) mass is 333 g/mol. The smallest absolute Gasteiger partial charge is 0.313 e. The summed E-state index contributed by atoms with van der Waals surface area (Å²) in [6, 6.07) is 7.32. The Labute approximate surface area is 138 Å². The van der Waals surface area contributed by atoms with Crippen LogP contribution in [0.3, 0.4) is 0 Å². The van der Waals surface area contributed by atoms with Crippen molar-refractivity contribution in [3.8, 4) is 0 Å². The van der Waals surface area contributed by atoms with Gasteiger partial charge in [0.05, 0.1) is 11.7 Å². The first-order valence-electron chi connectivity index (χ1n) is 7.35. The second-order valence-corrected chi connectivity index (χ2v) is 5.56. The minimum absolute atomic E-state index is 0.0109. The van der Waals surface area contributed by atoms with E-state index < -0.39 is 29.5 Å². The Hall–Kier alpha value is -2.83. The predicted molar refractivity (Wildman–Crippen MR) is 84.9 cm³/mol. The third kappa shape index (κ3) is 4.58. The zero-order valence-electron chi connectivity index (χ0n) is 13.2. The Morgan fingerprint density at radius 3 is 2.25 bits per heavy atom. The van der Waals surface area contributed by atoms with E-state index in [1.54, 1.807) is 24.4 Å². The number of rotatable bonds is 4. The number of halogens is 2. The van der Waals surface area contributed by atoms with E-state index in [2.05, 4.69) is 15.6 Å². The fourth-order valence-corrected chi connectivity index (χ4v) is 2.16. The number of aromatic nitrogens is 1. The van der Waals surface area contributed by atoms with Gasteiger partial charge < -0.3 is 10.6 Å². The highest BCUT2D eigenvalue weighted by Crippen LogP contribution is 2.19. The molecule has 2 rings (SSSR count). The standard InChI is InChI=1S/C17H17F2N3O2/c1-10(2)15(14-5-3-4-6-20-14)22-17(24)16(23)21-13-8-11(18)7-12(19)9-13/h3-10,15H,1-2H3,(H,21,23)(H,22,24)/t15-/m0/s1. The van der Waals surface area contributed by atoms with Crippen molar-refractivity contribution in [1.82, 2.24) is 10.3 Å². The Bertz CT molecular complexity index is 716. The molecular formula is C17H17F2N3O2. The minimum Gasteiger partial charge on any atom is -0.339 e. The summed E-state index contributed by atoms with van der Waals surface area (Å²) in [5, 5.41) is 4.75. The lowest BCUT2D eigenvalue weighted by Crippen LogP contribution is -2.39. The normalized spacial score (nSPS) is 11.9. The fraction of sp³-hybridized carbons (Fsp3) is 0.235. The van der Waals surface area contributed by atoms with E-state index in [1.807, 2.05) is 13.8 Å². The van der Waals surface area contributed by atoms with Gasteiger partial charge in [0.1, 0.15) is 11.6 Å². The highest BCUT2D eigenvalue weighted by atomic mass is 19.1. The number of pyridine rings is 1. The molecule has 0 radical (unpaired) electrons. The summed E-state index contributed by atoms with van der Waals surface area (Å²) in [5.74, 6) is -3.63. The highest BCUT2D eigenvalue weighted by molar-refractivity contribution is 6.39. The van der Waals surface area contributed by atoms with Crippen LogP contribution in [0.4, 0.5) is 14.5 Å². The lowest BCUT2D eigenvalue weighted by Gasteiger charge is -2.21. The van der Waals surface area contributed by atoms with Crippen molar-refractivity contribution in [1.29, 1.82) is 0 Å². The van der Waals surface area contributed by atoms with Crippen molar-refractivity contribution in [2.75, 3.05) is 5.32 Å². The summed E-state index contributed by atoms with van der Waals surface area (Å²) in [5.41, 5.74) is 0.483. The number of hydrogen-bond donors (Lipinski definition) is 2. The van der Waals surface area contributed by atoms with Crippen molar-refractivity contribution < 1.29 is 18.4 Å². The van der Waals surface area contributed by atoms with Crippen molar-refractivity contribution in [3.05, 3.63) is 59.9 Å². The van der Waals surface area contributed by atoms with Gasteiger partial charge >= 0.3 is 11.8 Å². The summed E-state index contributed by atoms with van der Waals surface area (Å²) in [7, 11) is 0. The van der Waals surface area contributed by atoms with E-state index in [0.717, 1.165) is 12.1 Å². The molecule has 5 nitrogen and oxygen atoms in total. The van der Waals surface area contributed by atoms with Gasteiger partial charge in [0.15, 0.2) is 0 Å². The summed E-state index contributed by atoms with van der Waals surface area (Å²) < 4.78 is 26.2. The summed E-state index contributed by atoms with van der Waals surface area (Å²) in [4.78, 5) is 28.2. The van der Waals surface area contributed by atoms with Gasteiger partial charge in [-0.2, -0.15) is 0 Å². The minimum atomic E-state index is -1.01. The molecule has 0 fully saturated rings. The molecule has 0 spiro atoms. The first kappa shape index (κ1) is 17.5. The van der Waals surface area contributed by atoms with Crippen LogP contribution in [0.5, 0.6) is 0 Å². The maximum absolute atomic E-state index is 13.1. The molecule has 1 aromatic carbocycles. The molecule has 126 valence electrons. The van der Waals surface area contributed by atoms with Crippen LogP contribution in [0.1, 0.15) is 25.6 Å². The van der Waals surface area contributed by atoms with Gasteiger partial charge in [0.25, 0.3) is 0 Å². The third-order valence-corrected chi connectivity index (χ3v) is 3.29. The molecule has 1 atom stereocenters. The molecule has 0 saturated carbocycles. The topological polar surface area (TPSA) is 71.1 Å². The Morgan fingerprint density at radius 2 is 1.71 bits per heavy atom. The molecular weight excluding hydrogens is 316 g/mol. The maximum Gasteiger partial charge on any atom is 0.313 e. The molecule has 0 unspecified atom stereocenters. The number of nitrogens with one attached hydrogen (secondary N) is 2. The van der Waals surface area contributed by atoms with Crippen molar-refractivity contribution in [2.45, 2.75) is 19.9 Å². The summed E-state index contributed by atoms with van der Waals surface area (Å²) in [6.45, 7) is 3.75. The van der Waals surface area contributed by atoms with E-state index in [4.69, 9.17) is 0 Å². The van der Waals surface area contributed by atoms with Crippen LogP contribution in [0.25, 0.3) is 0 Å². The summed E-state index contributed by atoms with van der Waals surface area (Å²) >= 11 is 0. The number of anilines is 1. The van der Waals surface area contributed by atoms with Crippen LogP contribution in [-0.2, 0) is 9.59 Å². The lowest BCUT2D eigenvalue weighted by molar-refractivity contribution is -0.136. The number of nitrogens with zero attached hydrogens (tertiary/aromatic N) is 1. The summed E-state index contributed by atoms with van der Waals surface area (Å²) in [6.07, 6.45) is 1.59. The molecule has 7 heteroatoms. The van der Waals surface area contributed by atoms with Gasteiger partial charge in [-0.15, -0.1) is 0 Å². The SMILES string of the molecule is CC(C)[C@H](NC(=O)C(=O)Nc1cc(F)cc(F)c1)c1ccccn1. The van der Waals surface area contributed by atoms with Crippen LogP contribution < -0.4 is 10.6 Å². The van der Waals surface area contributed by atoms with Gasteiger partial charge in [-0.05, 0) is 30.2 Å². The first-order chi connectivity index (χ1) is 11.4. The molecule has 1 aromatic heterocycles. The molecule has 0 bridgehead atoms. The second-order valence-electron chi connectivity index (χ2n) is 5.56. The van der Waals surface area contributed by atoms with Crippen LogP contribution in [0.2, 0.25) is 0 Å². The Morgan fingerprint density at radius 1 is 1.04 bits per heavy atom. The van der Waals surface area contributed by atoms with Crippen LogP contribution in [0, 0.1) is 17.6 Å². The highest BCUT2D eigenvalue weighted by Gasteiger charge is 2.23. The van der Waals surface area contributed by atoms with E-state index in [1.165, 1.54) is 0 Å². The molecule has 24 heavy (non-hydrogen) atoms. The van der Waals surface area contributed by atoms with Gasteiger partial charge in [0.2, 0.25) is 0 Å². The van der Waals surface area contributed by atoms with Gasteiger partial charge in [-0.25, -0.2) is 8.78 Å². The van der Waals surface area contributed by atoms with Crippen molar-refractivity contribution in [3.63, 3.8) is 0 Å². The van der Waals surface area contributed by atoms with Crippen molar-refractivity contribution in [2.24, 2.45) is 5.92 Å². The molecule has 0 saturated heterocycles. The molecule has 2 N–H and O–H groups in total. The molecule has 2 aromatic rings. The van der Waals surface area contributed by atoms with Crippen LogP contribution in [0.15, 0.2) is 42.6 Å². The second kappa shape index (κ2) is 7.63. The number of carbonyl (C=O) groups excluding carboxylic acids is 2. The van der Waals surface area contributed by atoms with Gasteiger partial charge in [0, 0.05) is 18.0 Å². The number of amides is 2. The molecule has 0 aliphatic heterocycles. The zero-order chi connectivity index (χ0) is 17.7. The molecule has 2 amide bonds. The fourth-order valence-electron chi connectivity index (χ4n) is 2.16. The first-order valence-corrected chi connectivity index (χ1v) is 7.35. The average Bonchev–Trinajstić information content (AvgIpc) is 2.51. The average molecular weight is 333 g/mol. The number of benzene rings is 1. The van der Waals surface area contributed by atoms with Gasteiger partial charge in [-0.1, -0.05) is 19.9 Å². The van der Waals surface area contributed by atoms with E-state index in [-0.39, 0.29) is 11.6 Å². The van der Waals surface area contributed by atoms with E-state index >= 15 is 0 Å². The molecule has 0 aliphatic rings. The van der Waals surface area contributed by atoms with Crippen LogP contribution in [-0.4, -0.2) is 16.8 Å². The lowest BCUT2D eigenvalue weighted by atomic mass is 10.0. The van der Waals surface area contributed by atoms with E-state index in [0.29, 0.717) is 11.8 Å². The largest absolute Gasteiger partial charge is 0.339 e. The quantitative estimate of drug-likeness (QED) is 0.845. The predicted octanol–water partition coefficient (Wildman–Crippen LogP) is 2.81. The Kier molecular flexibility index (Phi) is 5.57. The Balaban J connectivity index is 2.08. The van der Waals surface area contributed by atoms with Gasteiger partial charge in [-0.3, -0.25) is 14.6 Å². The molecule has 0 aliphatic carbocycles. The van der Waals surface area contributed by atoms with E-state index in [9.17, 15) is 18.4 Å². The third-order valence-electron chi connectivity index (χ3n) is 3.29. The zero-order valence-corrected chi connectivity index (χ0v) is 13.2. The van der Waals surface area contributed by atoms with Crippen molar-refractivity contribution >= 4 is 17.5 Å².